The first kappa shape index (κ1) is 32.7. The summed E-state index contributed by atoms with van der Waals surface area (Å²) in [6, 6.07) is 17.8. The number of aryl methyl sites for hydroxylation is 2. The number of hydrogen-bond donors (Lipinski definition) is 1. The quantitative estimate of drug-likeness (QED) is 0.173. The van der Waals surface area contributed by atoms with E-state index in [1.54, 1.807) is 36.4 Å². The molecule has 2 bridgehead atoms. The molecule has 5 fully saturated rings. The molecule has 3 aliphatic heterocycles. The van der Waals surface area contributed by atoms with Crippen molar-refractivity contribution in [3.05, 3.63) is 93.2 Å². The molecule has 7 nitrogen and oxygen atoms in total. The van der Waals surface area contributed by atoms with Crippen LogP contribution in [0.4, 0.5) is 8.78 Å². The minimum absolute atomic E-state index is 0.0168. The number of aromatic nitrogens is 2. The van der Waals surface area contributed by atoms with Gasteiger partial charge in [0.1, 0.15) is 11.6 Å². The minimum atomic E-state index is -0.511. The number of nitriles is 1. The molecular formula is C40H35Cl2F2N5O2. The molecule has 5 aliphatic rings. The van der Waals surface area contributed by atoms with Crippen LogP contribution in [0.25, 0.3) is 32.9 Å². The average Bonchev–Trinajstić information content (AvgIpc) is 3.40. The number of rotatable bonds is 8. The van der Waals surface area contributed by atoms with Gasteiger partial charge in [0.05, 0.1) is 40.3 Å². The van der Waals surface area contributed by atoms with Crippen molar-refractivity contribution in [1.82, 2.24) is 19.8 Å². The van der Waals surface area contributed by atoms with Crippen LogP contribution in [0, 0.1) is 41.7 Å². The summed E-state index contributed by atoms with van der Waals surface area (Å²) in [5.74, 6) is -0.322. The Balaban J connectivity index is 1.26. The molecule has 3 saturated heterocycles. The Morgan fingerprint density at radius 2 is 1.92 bits per heavy atom. The van der Waals surface area contributed by atoms with E-state index in [1.807, 2.05) is 17.9 Å². The summed E-state index contributed by atoms with van der Waals surface area (Å²) in [5, 5.41) is 15.3. The number of carbonyl (C=O) groups is 1. The molecule has 5 heterocycles. The fraction of sp³-hybridized carbons (Fsp3) is 0.375. The zero-order valence-electron chi connectivity index (χ0n) is 27.9. The fourth-order valence-electron chi connectivity index (χ4n) is 8.79. The first-order valence-electron chi connectivity index (χ1n) is 17.7. The summed E-state index contributed by atoms with van der Waals surface area (Å²) >= 11 is 13.1. The topological polar surface area (TPSA) is 83.2 Å². The molecule has 2 aliphatic carbocycles. The Labute approximate surface area is 304 Å². The highest BCUT2D eigenvalue weighted by molar-refractivity contribution is 6.43. The normalized spacial score (nSPS) is 23.9. The summed E-state index contributed by atoms with van der Waals surface area (Å²) in [5.41, 5.74) is 4.11. The summed E-state index contributed by atoms with van der Waals surface area (Å²) in [6.45, 7) is 3.12. The van der Waals surface area contributed by atoms with Gasteiger partial charge in [0.15, 0.2) is 17.4 Å². The van der Waals surface area contributed by atoms with Gasteiger partial charge in [-0.2, -0.15) is 5.26 Å². The monoisotopic (exact) mass is 725 g/mol. The van der Waals surface area contributed by atoms with Crippen LogP contribution in [-0.4, -0.2) is 45.6 Å². The Hall–Kier alpha value is -4.23. The number of para-hydroxylation sites is 1. The van der Waals surface area contributed by atoms with Gasteiger partial charge in [-0.05, 0) is 74.4 Å². The van der Waals surface area contributed by atoms with Gasteiger partial charge in [-0.15, -0.1) is 0 Å². The first-order valence-corrected chi connectivity index (χ1v) is 18.4. The smallest absolute Gasteiger partial charge is 0.226 e. The van der Waals surface area contributed by atoms with Gasteiger partial charge in [0.2, 0.25) is 5.91 Å². The number of halogens is 4. The van der Waals surface area contributed by atoms with Gasteiger partial charge >= 0.3 is 0 Å². The van der Waals surface area contributed by atoms with Crippen LogP contribution in [0.5, 0.6) is 5.75 Å². The molecule has 51 heavy (non-hydrogen) atoms. The van der Waals surface area contributed by atoms with Gasteiger partial charge < -0.3 is 19.5 Å². The van der Waals surface area contributed by atoms with Gasteiger partial charge in [0.25, 0.3) is 0 Å². The molecule has 260 valence electrons. The lowest BCUT2D eigenvalue weighted by atomic mass is 9.79. The summed E-state index contributed by atoms with van der Waals surface area (Å²) in [4.78, 5) is 20.8. The molecule has 11 heteroatoms. The Bertz CT molecular complexity index is 2290. The van der Waals surface area contributed by atoms with Crippen LogP contribution < -0.4 is 10.1 Å². The predicted molar refractivity (Wildman–Crippen MR) is 193 cm³/mol. The van der Waals surface area contributed by atoms with E-state index in [9.17, 15) is 14.4 Å². The van der Waals surface area contributed by atoms with Crippen LogP contribution in [-0.2, 0) is 11.2 Å². The van der Waals surface area contributed by atoms with E-state index in [-0.39, 0.29) is 52.7 Å². The standard InChI is InChI=1S/C40H35Cl2F2N5O2/c1-20-26-17-32(31-16-24(19-48(31)40(50)21-11-12-21)51-33-10-3-2-9-29(33)43)49(38-23-15-30(38)46-18-23)39(26)27-14-22(6-5-13-45)34(36(44)37(27)47-20)25-7-4-8-28(41)35(25)42/h2-4,7-10,14,17,21,23-24,30-31,38,46H,5-6,11-12,15-16,18-19H2,1H3/t23-,24+,30-,31-,38+/m1/s1. The number of benzene rings is 3. The number of nitrogens with one attached hydrogen (secondary N) is 1. The van der Waals surface area contributed by atoms with Gasteiger partial charge in [-0.1, -0.05) is 47.5 Å². The third-order valence-corrected chi connectivity index (χ3v) is 12.2. The molecule has 0 spiro atoms. The molecule has 3 aromatic carbocycles. The van der Waals surface area contributed by atoms with Crippen LogP contribution in [0.1, 0.15) is 61.1 Å². The SMILES string of the molecule is Cc1nc2c(F)c(-c3cccc(Cl)c3Cl)c(CCC#N)cc2c2c1cc([C@H]1C[C@H](Oc3ccccc3F)CN1C(=O)C1CC1)n2[C@H]1[C@H]2CN[C@@H]1C2. The average molecular weight is 727 g/mol. The van der Waals surface area contributed by atoms with Crippen molar-refractivity contribution in [2.75, 3.05) is 13.1 Å². The number of hydrogen-bond acceptors (Lipinski definition) is 5. The molecule has 5 atom stereocenters. The Morgan fingerprint density at radius 3 is 2.65 bits per heavy atom. The number of likely N-dealkylation sites (tertiary alicyclic amines) is 1. The molecule has 2 saturated carbocycles. The Morgan fingerprint density at radius 1 is 1.10 bits per heavy atom. The van der Waals surface area contributed by atoms with E-state index >= 15 is 4.39 Å². The maximum absolute atomic E-state index is 17.2. The van der Waals surface area contributed by atoms with Crippen LogP contribution >= 0.6 is 23.2 Å². The molecule has 1 amide bonds. The zero-order chi connectivity index (χ0) is 35.1. The predicted octanol–water partition coefficient (Wildman–Crippen LogP) is 8.87. The second kappa shape index (κ2) is 12.5. The van der Waals surface area contributed by atoms with E-state index in [1.165, 1.54) is 6.07 Å². The van der Waals surface area contributed by atoms with Crippen LogP contribution in [0.3, 0.4) is 0 Å². The molecule has 0 unspecified atom stereocenters. The van der Waals surface area contributed by atoms with Crippen molar-refractivity contribution in [2.24, 2.45) is 11.8 Å². The second-order valence-corrected chi connectivity index (χ2v) is 15.3. The third kappa shape index (κ3) is 5.29. The van der Waals surface area contributed by atoms with Crippen molar-refractivity contribution in [3.8, 4) is 22.9 Å². The van der Waals surface area contributed by atoms with E-state index in [0.717, 1.165) is 42.4 Å². The van der Waals surface area contributed by atoms with Gasteiger partial charge in [-0.25, -0.2) is 13.8 Å². The summed E-state index contributed by atoms with van der Waals surface area (Å²) in [7, 11) is 0. The number of pyridine rings is 1. The van der Waals surface area contributed by atoms with E-state index in [2.05, 4.69) is 22.0 Å². The minimum Gasteiger partial charge on any atom is -0.485 e. The second-order valence-electron chi connectivity index (χ2n) is 14.5. The number of ether oxygens (including phenoxy) is 1. The van der Waals surface area contributed by atoms with Crippen molar-refractivity contribution < 1.29 is 18.3 Å². The van der Waals surface area contributed by atoms with Gasteiger partial charge in [0, 0.05) is 64.6 Å². The first-order chi connectivity index (χ1) is 24.7. The lowest BCUT2D eigenvalue weighted by Crippen LogP contribution is -2.41. The van der Waals surface area contributed by atoms with Crippen molar-refractivity contribution in [1.29, 1.82) is 5.26 Å². The summed E-state index contributed by atoms with van der Waals surface area (Å²) < 4.78 is 40.5. The number of fused-ring (bicyclic) bond motifs is 4. The lowest BCUT2D eigenvalue weighted by Gasteiger charge is -2.39. The molecule has 2 aromatic heterocycles. The lowest BCUT2D eigenvalue weighted by molar-refractivity contribution is -0.133. The summed E-state index contributed by atoms with van der Waals surface area (Å²) in [6.07, 6.45) is 3.33. The largest absolute Gasteiger partial charge is 0.485 e. The number of nitrogens with zero attached hydrogens (tertiary/aromatic N) is 4. The maximum atomic E-state index is 17.2. The van der Waals surface area contributed by atoms with Crippen molar-refractivity contribution in [3.63, 3.8) is 0 Å². The van der Waals surface area contributed by atoms with Crippen LogP contribution in [0.2, 0.25) is 10.0 Å². The molecule has 5 aromatic rings. The van der Waals surface area contributed by atoms with Gasteiger partial charge in [-0.3, -0.25) is 4.79 Å². The van der Waals surface area contributed by atoms with Crippen molar-refractivity contribution >= 4 is 50.9 Å². The highest BCUT2D eigenvalue weighted by Gasteiger charge is 2.51. The van der Waals surface area contributed by atoms with E-state index in [0.29, 0.717) is 58.1 Å². The highest BCUT2D eigenvalue weighted by Crippen LogP contribution is 2.51. The fourth-order valence-corrected chi connectivity index (χ4v) is 9.19. The highest BCUT2D eigenvalue weighted by atomic mass is 35.5. The number of amides is 1. The molecule has 1 N–H and O–H groups in total. The van der Waals surface area contributed by atoms with Crippen molar-refractivity contribution in [2.45, 2.75) is 69.7 Å². The zero-order valence-corrected chi connectivity index (χ0v) is 29.4. The molecular weight excluding hydrogens is 691 g/mol. The van der Waals surface area contributed by atoms with E-state index < -0.39 is 17.7 Å². The third-order valence-electron chi connectivity index (χ3n) is 11.4. The number of carbonyl (C=O) groups excluding carboxylic acids is 1. The Kier molecular flexibility index (Phi) is 7.99. The molecule has 0 radical (unpaired) electrons. The maximum Gasteiger partial charge on any atom is 0.226 e. The van der Waals surface area contributed by atoms with Crippen LogP contribution in [0.15, 0.2) is 54.6 Å². The van der Waals surface area contributed by atoms with E-state index in [4.69, 9.17) is 32.9 Å². The molecule has 10 rings (SSSR count).